The summed E-state index contributed by atoms with van der Waals surface area (Å²) in [6.45, 7) is 7.44. The highest BCUT2D eigenvalue weighted by molar-refractivity contribution is 5.82. The fraction of sp³-hybridized carbons (Fsp3) is 0.280. The van der Waals surface area contributed by atoms with E-state index in [4.69, 9.17) is 18.9 Å². The third-order valence-corrected chi connectivity index (χ3v) is 4.61. The molecule has 0 fully saturated rings. The van der Waals surface area contributed by atoms with Gasteiger partial charge in [-0.05, 0) is 49.2 Å². The van der Waals surface area contributed by atoms with Crippen LogP contribution in [0.5, 0.6) is 11.5 Å². The van der Waals surface area contributed by atoms with Crippen molar-refractivity contribution in [3.63, 3.8) is 0 Å². The molecule has 0 unspecified atom stereocenters. The zero-order valence-electron chi connectivity index (χ0n) is 18.3. The highest BCUT2D eigenvalue weighted by Gasteiger charge is 2.23. The molecule has 0 N–H and O–H groups in total. The van der Waals surface area contributed by atoms with Crippen LogP contribution in [0.4, 0.5) is 0 Å². The standard InChI is InChI=1S/C25H28O6/c1-5-7-23(26)30-17-28-21-13-9-19(10-14-21)25(3,4)20-11-15-22(16-12-20)29-18-31-24(27)8-6-2/h5-16H,17-18H2,1-4H3. The van der Waals surface area contributed by atoms with E-state index in [1.54, 1.807) is 26.0 Å². The first-order chi connectivity index (χ1) is 14.9. The molecule has 0 saturated carbocycles. The molecule has 2 aromatic rings. The largest absolute Gasteiger partial charge is 0.457 e. The minimum Gasteiger partial charge on any atom is -0.457 e. The molecule has 0 aromatic heterocycles. The monoisotopic (exact) mass is 424 g/mol. The van der Waals surface area contributed by atoms with Gasteiger partial charge in [0.15, 0.2) is 0 Å². The highest BCUT2D eigenvalue weighted by atomic mass is 16.7. The van der Waals surface area contributed by atoms with Crippen molar-refractivity contribution in [3.8, 4) is 11.5 Å². The summed E-state index contributed by atoms with van der Waals surface area (Å²) in [4.78, 5) is 22.6. The van der Waals surface area contributed by atoms with E-state index in [2.05, 4.69) is 13.8 Å². The zero-order chi connectivity index (χ0) is 22.7. The smallest absolute Gasteiger partial charge is 0.333 e. The number of carbonyl (C=O) groups excluding carboxylic acids is 2. The van der Waals surface area contributed by atoms with Crippen molar-refractivity contribution in [2.24, 2.45) is 0 Å². The second-order valence-corrected chi connectivity index (χ2v) is 7.12. The Hall–Kier alpha value is -3.54. The average Bonchev–Trinajstić information content (AvgIpc) is 2.75. The molecular weight excluding hydrogens is 396 g/mol. The van der Waals surface area contributed by atoms with Crippen LogP contribution >= 0.6 is 0 Å². The molecule has 0 atom stereocenters. The number of hydrogen-bond donors (Lipinski definition) is 0. The predicted octanol–water partition coefficient (Wildman–Crippen LogP) is 4.92. The quantitative estimate of drug-likeness (QED) is 0.306. The second-order valence-electron chi connectivity index (χ2n) is 7.12. The molecule has 0 aliphatic rings. The van der Waals surface area contributed by atoms with Crippen LogP contribution in [0, 0.1) is 0 Å². The lowest BCUT2D eigenvalue weighted by atomic mass is 9.78. The molecule has 2 rings (SSSR count). The van der Waals surface area contributed by atoms with E-state index in [9.17, 15) is 9.59 Å². The SMILES string of the molecule is CC=CC(=O)OCOc1ccc(C(C)(C)c2ccc(OCOC(=O)C=CC)cc2)cc1. The lowest BCUT2D eigenvalue weighted by Crippen LogP contribution is -2.18. The van der Waals surface area contributed by atoms with Gasteiger partial charge in [-0.1, -0.05) is 50.3 Å². The van der Waals surface area contributed by atoms with E-state index in [-0.39, 0.29) is 19.0 Å². The maximum absolute atomic E-state index is 11.3. The number of ether oxygens (including phenoxy) is 4. The number of rotatable bonds is 10. The van der Waals surface area contributed by atoms with E-state index in [1.165, 1.54) is 12.2 Å². The van der Waals surface area contributed by atoms with Crippen LogP contribution in [0.25, 0.3) is 0 Å². The molecule has 6 nitrogen and oxygen atoms in total. The Morgan fingerprint density at radius 1 is 0.710 bits per heavy atom. The van der Waals surface area contributed by atoms with Gasteiger partial charge in [0.05, 0.1) is 0 Å². The number of esters is 2. The molecule has 6 heteroatoms. The maximum Gasteiger partial charge on any atom is 0.333 e. The molecule has 0 amide bonds. The zero-order valence-corrected chi connectivity index (χ0v) is 18.3. The third kappa shape index (κ3) is 7.33. The van der Waals surface area contributed by atoms with E-state index >= 15 is 0 Å². The fourth-order valence-corrected chi connectivity index (χ4v) is 2.78. The van der Waals surface area contributed by atoms with Gasteiger partial charge in [-0.15, -0.1) is 0 Å². The van der Waals surface area contributed by atoms with Gasteiger partial charge in [-0.3, -0.25) is 0 Å². The van der Waals surface area contributed by atoms with E-state index in [0.717, 1.165) is 11.1 Å². The molecule has 0 spiro atoms. The third-order valence-electron chi connectivity index (χ3n) is 4.61. The van der Waals surface area contributed by atoms with Crippen molar-refractivity contribution in [1.82, 2.24) is 0 Å². The van der Waals surface area contributed by atoms with Crippen molar-refractivity contribution in [2.45, 2.75) is 33.1 Å². The van der Waals surface area contributed by atoms with Crippen LogP contribution in [0.15, 0.2) is 72.8 Å². The molecule has 164 valence electrons. The number of carbonyl (C=O) groups is 2. The molecule has 0 heterocycles. The predicted molar refractivity (Wildman–Crippen MR) is 118 cm³/mol. The van der Waals surface area contributed by atoms with Gasteiger partial charge in [-0.2, -0.15) is 0 Å². The number of benzene rings is 2. The Labute approximate surface area is 183 Å². The second kappa shape index (κ2) is 11.6. The molecule has 0 bridgehead atoms. The maximum atomic E-state index is 11.3. The molecule has 0 aliphatic heterocycles. The first-order valence-corrected chi connectivity index (χ1v) is 9.92. The summed E-state index contributed by atoms with van der Waals surface area (Å²) in [6.07, 6.45) is 5.89. The van der Waals surface area contributed by atoms with E-state index in [0.29, 0.717) is 11.5 Å². The van der Waals surface area contributed by atoms with Crippen molar-refractivity contribution < 1.29 is 28.5 Å². The van der Waals surface area contributed by atoms with Gasteiger partial charge in [0.1, 0.15) is 11.5 Å². The van der Waals surface area contributed by atoms with Crippen molar-refractivity contribution in [3.05, 3.63) is 84.0 Å². The van der Waals surface area contributed by atoms with Crippen LogP contribution in [0.1, 0.15) is 38.8 Å². The lowest BCUT2D eigenvalue weighted by molar-refractivity contribution is -0.145. The van der Waals surface area contributed by atoms with Crippen LogP contribution in [-0.2, 0) is 24.5 Å². The van der Waals surface area contributed by atoms with Gasteiger partial charge in [-0.25, -0.2) is 9.59 Å². The molecule has 0 saturated heterocycles. The van der Waals surface area contributed by atoms with E-state index < -0.39 is 11.9 Å². The van der Waals surface area contributed by atoms with Crippen molar-refractivity contribution in [1.29, 1.82) is 0 Å². The van der Waals surface area contributed by atoms with Crippen LogP contribution in [0.3, 0.4) is 0 Å². The Morgan fingerprint density at radius 3 is 1.39 bits per heavy atom. The molecule has 0 radical (unpaired) electrons. The Kier molecular flexibility index (Phi) is 8.88. The minimum absolute atomic E-state index is 0.141. The summed E-state index contributed by atoms with van der Waals surface area (Å²) in [5, 5.41) is 0. The summed E-state index contributed by atoms with van der Waals surface area (Å²) in [6, 6.07) is 15.3. The van der Waals surface area contributed by atoms with Gasteiger partial charge in [0.25, 0.3) is 0 Å². The van der Waals surface area contributed by atoms with Gasteiger partial charge >= 0.3 is 11.9 Å². The first kappa shape index (κ1) is 23.7. The lowest BCUT2D eigenvalue weighted by Gasteiger charge is -2.26. The average molecular weight is 424 g/mol. The fourth-order valence-electron chi connectivity index (χ4n) is 2.78. The summed E-state index contributed by atoms with van der Waals surface area (Å²) < 4.78 is 20.7. The summed E-state index contributed by atoms with van der Waals surface area (Å²) in [5.74, 6) is 0.348. The van der Waals surface area contributed by atoms with Gasteiger partial charge in [0, 0.05) is 17.6 Å². The molecular formula is C25H28O6. The van der Waals surface area contributed by atoms with Crippen molar-refractivity contribution in [2.75, 3.05) is 13.6 Å². The van der Waals surface area contributed by atoms with E-state index in [1.807, 2.05) is 48.5 Å². The minimum atomic E-state index is -0.441. The molecule has 0 aliphatic carbocycles. The highest BCUT2D eigenvalue weighted by Crippen LogP contribution is 2.33. The number of allylic oxidation sites excluding steroid dienone is 2. The Morgan fingerprint density at radius 2 is 1.06 bits per heavy atom. The van der Waals surface area contributed by atoms with Crippen LogP contribution < -0.4 is 9.47 Å². The summed E-state index contributed by atoms with van der Waals surface area (Å²) in [5.41, 5.74) is 1.94. The van der Waals surface area contributed by atoms with Crippen LogP contribution in [0.2, 0.25) is 0 Å². The molecule has 31 heavy (non-hydrogen) atoms. The first-order valence-electron chi connectivity index (χ1n) is 9.92. The normalized spacial score (nSPS) is 11.5. The molecule has 2 aromatic carbocycles. The van der Waals surface area contributed by atoms with Gasteiger partial charge in [0.2, 0.25) is 13.6 Å². The Balaban J connectivity index is 1.94. The number of hydrogen-bond acceptors (Lipinski definition) is 6. The Bertz CT molecular complexity index is 833. The van der Waals surface area contributed by atoms with Gasteiger partial charge < -0.3 is 18.9 Å². The van der Waals surface area contributed by atoms with Crippen LogP contribution in [-0.4, -0.2) is 25.5 Å². The van der Waals surface area contributed by atoms with Crippen molar-refractivity contribution >= 4 is 11.9 Å². The summed E-state index contributed by atoms with van der Waals surface area (Å²) in [7, 11) is 0. The summed E-state index contributed by atoms with van der Waals surface area (Å²) >= 11 is 0. The topological polar surface area (TPSA) is 71.1 Å².